The van der Waals surface area contributed by atoms with Crippen LogP contribution in [0.1, 0.15) is 30.0 Å². The Morgan fingerprint density at radius 1 is 1.52 bits per heavy atom. The van der Waals surface area contributed by atoms with Crippen LogP contribution in [0.4, 0.5) is 5.69 Å². The third-order valence-electron chi connectivity index (χ3n) is 4.04. The molecule has 23 heavy (non-hydrogen) atoms. The molecule has 1 heterocycles. The van der Waals surface area contributed by atoms with Gasteiger partial charge in [0.05, 0.1) is 16.6 Å². The van der Waals surface area contributed by atoms with E-state index in [0.29, 0.717) is 12.0 Å². The smallest absolute Gasteiger partial charge is 0.312 e. The van der Waals surface area contributed by atoms with Gasteiger partial charge in [-0.2, -0.15) is 5.26 Å². The van der Waals surface area contributed by atoms with E-state index in [1.807, 2.05) is 6.07 Å². The molecule has 2 rings (SSSR count). The zero-order valence-corrected chi connectivity index (χ0v) is 12.9. The molecule has 0 unspecified atom stereocenters. The van der Waals surface area contributed by atoms with Crippen molar-refractivity contribution in [2.75, 3.05) is 26.2 Å². The van der Waals surface area contributed by atoms with Crippen LogP contribution in [-0.2, 0) is 0 Å². The number of hydrogen-bond donors (Lipinski definition) is 2. The van der Waals surface area contributed by atoms with Crippen LogP contribution >= 0.6 is 0 Å². The molecule has 1 aromatic carbocycles. The van der Waals surface area contributed by atoms with Crippen LogP contribution in [0, 0.1) is 21.4 Å². The number of phenolic OH excluding ortho intramolecular Hbond substituents is 1. The van der Waals surface area contributed by atoms with Gasteiger partial charge in [0.15, 0.2) is 5.75 Å². The van der Waals surface area contributed by atoms with Crippen molar-refractivity contribution in [2.24, 2.45) is 0 Å². The fourth-order valence-corrected chi connectivity index (χ4v) is 2.90. The standard InChI is InChI=1S/C16H20N4O3/c1-2-3-4-14(19-7-5-18-6-8-19)13-9-12(11-17)10-15(16(13)21)20(22)23/h2,9-10,14,18,21H,1,3-8H2/t14-/m0/s1. The van der Waals surface area contributed by atoms with Crippen molar-refractivity contribution in [1.29, 1.82) is 5.26 Å². The highest BCUT2D eigenvalue weighted by Crippen LogP contribution is 2.39. The van der Waals surface area contributed by atoms with Gasteiger partial charge < -0.3 is 10.4 Å². The quantitative estimate of drug-likeness (QED) is 0.473. The summed E-state index contributed by atoms with van der Waals surface area (Å²) in [5.74, 6) is -0.346. The molecule has 1 fully saturated rings. The lowest BCUT2D eigenvalue weighted by atomic mass is 9.96. The van der Waals surface area contributed by atoms with Crippen LogP contribution in [0.25, 0.3) is 0 Å². The molecule has 122 valence electrons. The predicted molar refractivity (Wildman–Crippen MR) is 86.1 cm³/mol. The number of nitrogens with one attached hydrogen (secondary N) is 1. The van der Waals surface area contributed by atoms with Gasteiger partial charge in [0.2, 0.25) is 0 Å². The van der Waals surface area contributed by atoms with Gasteiger partial charge in [-0.05, 0) is 18.9 Å². The van der Waals surface area contributed by atoms with Crippen molar-refractivity contribution in [2.45, 2.75) is 18.9 Å². The lowest BCUT2D eigenvalue weighted by Crippen LogP contribution is -2.45. The first-order valence-corrected chi connectivity index (χ1v) is 7.55. The molecule has 0 bridgehead atoms. The summed E-state index contributed by atoms with van der Waals surface area (Å²) >= 11 is 0. The predicted octanol–water partition coefficient (Wildman–Crippen LogP) is 2.08. The summed E-state index contributed by atoms with van der Waals surface area (Å²) in [7, 11) is 0. The van der Waals surface area contributed by atoms with Crippen LogP contribution in [0.5, 0.6) is 5.75 Å². The van der Waals surface area contributed by atoms with Crippen LogP contribution in [0.15, 0.2) is 24.8 Å². The van der Waals surface area contributed by atoms with Crippen LogP contribution in [-0.4, -0.2) is 41.1 Å². The first-order chi connectivity index (χ1) is 11.1. The number of piperazine rings is 1. The summed E-state index contributed by atoms with van der Waals surface area (Å²) in [6, 6.07) is 4.42. The van der Waals surface area contributed by atoms with E-state index >= 15 is 0 Å². The summed E-state index contributed by atoms with van der Waals surface area (Å²) in [5.41, 5.74) is 0.209. The molecule has 7 nitrogen and oxygen atoms in total. The summed E-state index contributed by atoms with van der Waals surface area (Å²) in [4.78, 5) is 12.7. The fraction of sp³-hybridized carbons (Fsp3) is 0.438. The van der Waals surface area contributed by atoms with Gasteiger partial charge in [-0.3, -0.25) is 15.0 Å². The van der Waals surface area contributed by atoms with Crippen molar-refractivity contribution in [1.82, 2.24) is 10.2 Å². The number of nitriles is 1. The second-order valence-electron chi connectivity index (χ2n) is 5.47. The lowest BCUT2D eigenvalue weighted by Gasteiger charge is -2.35. The minimum Gasteiger partial charge on any atom is -0.502 e. The summed E-state index contributed by atoms with van der Waals surface area (Å²) < 4.78 is 0. The van der Waals surface area contributed by atoms with Gasteiger partial charge in [-0.1, -0.05) is 6.08 Å². The second-order valence-corrected chi connectivity index (χ2v) is 5.47. The van der Waals surface area contributed by atoms with E-state index in [4.69, 9.17) is 5.26 Å². The highest BCUT2D eigenvalue weighted by Gasteiger charge is 2.28. The molecule has 1 aromatic rings. The first kappa shape index (κ1) is 16.9. The fourth-order valence-electron chi connectivity index (χ4n) is 2.90. The largest absolute Gasteiger partial charge is 0.502 e. The number of rotatable bonds is 6. The highest BCUT2D eigenvalue weighted by atomic mass is 16.6. The average Bonchev–Trinajstić information content (AvgIpc) is 2.57. The number of benzene rings is 1. The minimum absolute atomic E-state index is 0.179. The SMILES string of the molecule is C=CCC[C@@H](c1cc(C#N)cc([N+](=O)[O-])c1O)N1CCNCC1. The van der Waals surface area contributed by atoms with Crippen molar-refractivity contribution in [3.05, 3.63) is 46.0 Å². The normalized spacial score (nSPS) is 16.5. The molecule has 0 spiro atoms. The van der Waals surface area contributed by atoms with Gasteiger partial charge in [-0.25, -0.2) is 0 Å². The van der Waals surface area contributed by atoms with E-state index in [2.05, 4.69) is 16.8 Å². The van der Waals surface area contributed by atoms with Crippen LogP contribution < -0.4 is 5.32 Å². The van der Waals surface area contributed by atoms with Crippen molar-refractivity contribution >= 4 is 5.69 Å². The third-order valence-corrected chi connectivity index (χ3v) is 4.04. The maximum Gasteiger partial charge on any atom is 0.312 e. The monoisotopic (exact) mass is 316 g/mol. The Balaban J connectivity index is 2.47. The van der Waals surface area contributed by atoms with Gasteiger partial charge in [0, 0.05) is 43.9 Å². The summed E-state index contributed by atoms with van der Waals surface area (Å²) in [6.45, 7) is 6.94. The van der Waals surface area contributed by atoms with E-state index in [1.165, 1.54) is 0 Å². The van der Waals surface area contributed by atoms with Crippen molar-refractivity contribution in [3.63, 3.8) is 0 Å². The molecule has 0 amide bonds. The number of nitro benzene ring substituents is 1. The molecule has 1 aliphatic rings. The molecule has 0 saturated carbocycles. The van der Waals surface area contributed by atoms with Gasteiger partial charge in [0.25, 0.3) is 0 Å². The van der Waals surface area contributed by atoms with Crippen molar-refractivity contribution < 1.29 is 10.0 Å². The first-order valence-electron chi connectivity index (χ1n) is 7.55. The molecule has 0 radical (unpaired) electrons. The number of hydrogen-bond acceptors (Lipinski definition) is 6. The molecule has 1 aliphatic heterocycles. The van der Waals surface area contributed by atoms with Gasteiger partial charge in [-0.15, -0.1) is 6.58 Å². The molecule has 2 N–H and O–H groups in total. The van der Waals surface area contributed by atoms with Crippen molar-refractivity contribution in [3.8, 4) is 11.8 Å². The topological polar surface area (TPSA) is 102 Å². The Hall–Kier alpha value is -2.43. The van der Waals surface area contributed by atoms with Crippen LogP contribution in [0.3, 0.4) is 0 Å². The zero-order chi connectivity index (χ0) is 16.8. The number of aromatic hydroxyl groups is 1. The molecule has 7 heteroatoms. The van der Waals surface area contributed by atoms with Gasteiger partial charge in [0.1, 0.15) is 0 Å². The van der Waals surface area contributed by atoms with E-state index < -0.39 is 10.6 Å². The average molecular weight is 316 g/mol. The second kappa shape index (κ2) is 7.72. The molecular weight excluding hydrogens is 296 g/mol. The van der Waals surface area contributed by atoms with Gasteiger partial charge >= 0.3 is 5.69 Å². The molecular formula is C16H20N4O3. The third kappa shape index (κ3) is 3.86. The Kier molecular flexibility index (Phi) is 5.68. The lowest BCUT2D eigenvalue weighted by molar-refractivity contribution is -0.386. The summed E-state index contributed by atoms with van der Waals surface area (Å²) in [5, 5.41) is 33.9. The van der Waals surface area contributed by atoms with Crippen LogP contribution in [0.2, 0.25) is 0 Å². The van der Waals surface area contributed by atoms with E-state index in [9.17, 15) is 15.2 Å². The Morgan fingerprint density at radius 2 is 2.22 bits per heavy atom. The number of nitro groups is 1. The maximum absolute atomic E-state index is 11.2. The van der Waals surface area contributed by atoms with E-state index in [0.717, 1.165) is 38.7 Å². The molecule has 1 atom stereocenters. The Morgan fingerprint density at radius 3 is 2.78 bits per heavy atom. The molecule has 0 aromatic heterocycles. The molecule has 0 aliphatic carbocycles. The van der Waals surface area contributed by atoms with E-state index in [-0.39, 0.29) is 17.4 Å². The zero-order valence-electron chi connectivity index (χ0n) is 12.9. The highest BCUT2D eigenvalue weighted by molar-refractivity contribution is 5.57. The minimum atomic E-state index is -0.651. The Bertz CT molecular complexity index is 633. The summed E-state index contributed by atoms with van der Waals surface area (Å²) in [6.07, 6.45) is 3.19. The maximum atomic E-state index is 11.2. The number of nitrogens with zero attached hydrogens (tertiary/aromatic N) is 3. The Labute approximate surface area is 135 Å². The van der Waals surface area contributed by atoms with E-state index in [1.54, 1.807) is 12.1 Å². The number of phenols is 1. The number of allylic oxidation sites excluding steroid dienone is 1. The molecule has 1 saturated heterocycles.